The van der Waals surface area contributed by atoms with Gasteiger partial charge in [-0.15, -0.1) is 0 Å². The SMILES string of the molecule is CN=C(NCc1ccccc1OC(F)F)NCC(CC(C)C)N(C)C. The number of halogens is 2. The molecule has 1 aromatic carbocycles. The van der Waals surface area contributed by atoms with Crippen LogP contribution in [0.4, 0.5) is 8.78 Å². The molecule has 0 radical (unpaired) electrons. The molecule has 0 saturated heterocycles. The van der Waals surface area contributed by atoms with Crippen LogP contribution in [0.5, 0.6) is 5.75 Å². The van der Waals surface area contributed by atoms with Gasteiger partial charge < -0.3 is 20.3 Å². The fraction of sp³-hybridized carbons (Fsp3) is 0.611. The summed E-state index contributed by atoms with van der Waals surface area (Å²) >= 11 is 0. The summed E-state index contributed by atoms with van der Waals surface area (Å²) < 4.78 is 29.5. The van der Waals surface area contributed by atoms with E-state index < -0.39 is 6.61 Å². The minimum Gasteiger partial charge on any atom is -0.434 e. The van der Waals surface area contributed by atoms with Crippen molar-refractivity contribution in [3.63, 3.8) is 0 Å². The molecule has 1 unspecified atom stereocenters. The Morgan fingerprint density at radius 2 is 1.88 bits per heavy atom. The van der Waals surface area contributed by atoms with Crippen molar-refractivity contribution in [1.82, 2.24) is 15.5 Å². The van der Waals surface area contributed by atoms with Crippen LogP contribution in [0.3, 0.4) is 0 Å². The Bertz CT molecular complexity index is 536. The second-order valence-electron chi connectivity index (χ2n) is 6.54. The highest BCUT2D eigenvalue weighted by Crippen LogP contribution is 2.19. The summed E-state index contributed by atoms with van der Waals surface area (Å²) in [4.78, 5) is 6.38. The van der Waals surface area contributed by atoms with Crippen LogP contribution in [0.1, 0.15) is 25.8 Å². The lowest BCUT2D eigenvalue weighted by Gasteiger charge is -2.27. The number of benzene rings is 1. The highest BCUT2D eigenvalue weighted by atomic mass is 19.3. The summed E-state index contributed by atoms with van der Waals surface area (Å²) in [6.07, 6.45) is 1.07. The Morgan fingerprint density at radius 1 is 1.20 bits per heavy atom. The Kier molecular flexibility index (Phi) is 9.20. The third-order valence-electron chi connectivity index (χ3n) is 3.84. The van der Waals surface area contributed by atoms with Crippen molar-refractivity contribution in [3.8, 4) is 5.75 Å². The van der Waals surface area contributed by atoms with E-state index in [1.807, 2.05) is 0 Å². The topological polar surface area (TPSA) is 48.9 Å². The number of likely N-dealkylation sites (N-methyl/N-ethyl adjacent to an activating group) is 1. The predicted molar refractivity (Wildman–Crippen MR) is 98.2 cm³/mol. The molecule has 0 aliphatic rings. The van der Waals surface area contributed by atoms with Gasteiger partial charge in [-0.2, -0.15) is 8.78 Å². The molecule has 2 N–H and O–H groups in total. The maximum Gasteiger partial charge on any atom is 0.387 e. The van der Waals surface area contributed by atoms with Gasteiger partial charge in [0.2, 0.25) is 0 Å². The Balaban J connectivity index is 2.60. The van der Waals surface area contributed by atoms with E-state index in [9.17, 15) is 8.78 Å². The fourth-order valence-electron chi connectivity index (χ4n) is 2.50. The third kappa shape index (κ3) is 8.16. The van der Waals surface area contributed by atoms with Crippen molar-refractivity contribution in [1.29, 1.82) is 0 Å². The first-order chi connectivity index (χ1) is 11.8. The van der Waals surface area contributed by atoms with Crippen molar-refractivity contribution in [2.75, 3.05) is 27.7 Å². The second-order valence-corrected chi connectivity index (χ2v) is 6.54. The molecule has 5 nitrogen and oxygen atoms in total. The van der Waals surface area contributed by atoms with E-state index in [1.165, 1.54) is 6.07 Å². The zero-order valence-electron chi connectivity index (χ0n) is 15.7. The quantitative estimate of drug-likeness (QED) is 0.528. The first kappa shape index (κ1) is 21.2. The van der Waals surface area contributed by atoms with Crippen LogP contribution in [0.2, 0.25) is 0 Å². The van der Waals surface area contributed by atoms with Crippen LogP contribution >= 0.6 is 0 Å². The maximum atomic E-state index is 12.5. The van der Waals surface area contributed by atoms with Gasteiger partial charge in [-0.05, 0) is 32.5 Å². The van der Waals surface area contributed by atoms with Crippen molar-refractivity contribution in [3.05, 3.63) is 29.8 Å². The van der Waals surface area contributed by atoms with Gasteiger partial charge in [0.05, 0.1) is 0 Å². The van der Waals surface area contributed by atoms with Crippen molar-refractivity contribution in [2.45, 2.75) is 39.5 Å². The molecule has 0 aliphatic carbocycles. The summed E-state index contributed by atoms with van der Waals surface area (Å²) in [5.74, 6) is 1.40. The van der Waals surface area contributed by atoms with Crippen molar-refractivity contribution >= 4 is 5.96 Å². The highest BCUT2D eigenvalue weighted by molar-refractivity contribution is 5.79. The highest BCUT2D eigenvalue weighted by Gasteiger charge is 2.14. The first-order valence-corrected chi connectivity index (χ1v) is 8.47. The number of aliphatic imine (C=N–C) groups is 1. The van der Waals surface area contributed by atoms with Crippen LogP contribution in [-0.4, -0.2) is 51.2 Å². The Morgan fingerprint density at radius 3 is 2.44 bits per heavy atom. The van der Waals surface area contributed by atoms with E-state index in [0.717, 1.165) is 13.0 Å². The van der Waals surface area contributed by atoms with Gasteiger partial charge in [0.25, 0.3) is 0 Å². The standard InChI is InChI=1S/C18H30F2N4O/c1-13(2)10-15(24(4)5)12-23-18(21-3)22-11-14-8-6-7-9-16(14)25-17(19)20/h6-9,13,15,17H,10-12H2,1-5H3,(H2,21,22,23). The molecule has 1 atom stereocenters. The average Bonchev–Trinajstić information content (AvgIpc) is 2.54. The molecule has 1 rings (SSSR count). The van der Waals surface area contributed by atoms with Crippen LogP contribution in [0, 0.1) is 5.92 Å². The molecular weight excluding hydrogens is 326 g/mol. The summed E-state index contributed by atoms with van der Waals surface area (Å²) in [5, 5.41) is 6.44. The van der Waals surface area contributed by atoms with Crippen molar-refractivity contribution in [2.24, 2.45) is 10.9 Å². The van der Waals surface area contributed by atoms with Crippen molar-refractivity contribution < 1.29 is 13.5 Å². The van der Waals surface area contributed by atoms with E-state index in [-0.39, 0.29) is 5.75 Å². The molecule has 0 amide bonds. The molecule has 0 aliphatic heterocycles. The molecule has 0 saturated carbocycles. The third-order valence-corrected chi connectivity index (χ3v) is 3.84. The lowest BCUT2D eigenvalue weighted by molar-refractivity contribution is -0.0504. The van der Waals surface area contributed by atoms with Gasteiger partial charge in [0.15, 0.2) is 5.96 Å². The molecule has 0 aromatic heterocycles. The van der Waals surface area contributed by atoms with E-state index in [2.05, 4.69) is 53.2 Å². The molecule has 142 valence electrons. The summed E-state index contributed by atoms with van der Waals surface area (Å²) in [6, 6.07) is 7.12. The molecule has 0 heterocycles. The van der Waals surface area contributed by atoms with Crippen LogP contribution < -0.4 is 15.4 Å². The fourth-order valence-corrected chi connectivity index (χ4v) is 2.50. The maximum absolute atomic E-state index is 12.5. The molecule has 1 aromatic rings. The van der Waals surface area contributed by atoms with E-state index in [4.69, 9.17) is 0 Å². The van der Waals surface area contributed by atoms with Gasteiger partial charge >= 0.3 is 6.61 Å². The number of alkyl halides is 2. The Labute approximate surface area is 149 Å². The lowest BCUT2D eigenvalue weighted by Crippen LogP contribution is -2.45. The predicted octanol–water partition coefficient (Wildman–Crippen LogP) is 2.93. The number of nitrogens with one attached hydrogen (secondary N) is 2. The molecule has 25 heavy (non-hydrogen) atoms. The number of ether oxygens (including phenoxy) is 1. The number of para-hydroxylation sites is 1. The smallest absolute Gasteiger partial charge is 0.387 e. The number of hydrogen-bond acceptors (Lipinski definition) is 3. The molecule has 7 heteroatoms. The van der Waals surface area contributed by atoms with E-state index in [1.54, 1.807) is 25.2 Å². The molecule has 0 spiro atoms. The number of guanidine groups is 1. The molecule has 0 bridgehead atoms. The summed E-state index contributed by atoms with van der Waals surface area (Å²) in [6.45, 7) is 2.65. The minimum absolute atomic E-state index is 0.173. The van der Waals surface area contributed by atoms with Gasteiger partial charge in [0, 0.05) is 31.7 Å². The number of nitrogens with zero attached hydrogens (tertiary/aromatic N) is 2. The number of rotatable bonds is 9. The minimum atomic E-state index is -2.84. The summed E-state index contributed by atoms with van der Waals surface area (Å²) in [5.41, 5.74) is 0.650. The molecular formula is C18H30F2N4O. The largest absolute Gasteiger partial charge is 0.434 e. The number of hydrogen-bond donors (Lipinski definition) is 2. The van der Waals surface area contributed by atoms with E-state index >= 15 is 0 Å². The van der Waals surface area contributed by atoms with Gasteiger partial charge in [-0.3, -0.25) is 4.99 Å². The van der Waals surface area contributed by atoms with Crippen LogP contribution in [-0.2, 0) is 6.54 Å². The van der Waals surface area contributed by atoms with Crippen LogP contribution in [0.25, 0.3) is 0 Å². The van der Waals surface area contributed by atoms with Gasteiger partial charge in [0.1, 0.15) is 5.75 Å². The van der Waals surface area contributed by atoms with E-state index in [0.29, 0.717) is 30.0 Å². The monoisotopic (exact) mass is 356 g/mol. The Hall–Kier alpha value is -1.89. The van der Waals surface area contributed by atoms with Crippen LogP contribution in [0.15, 0.2) is 29.3 Å². The lowest BCUT2D eigenvalue weighted by atomic mass is 10.0. The first-order valence-electron chi connectivity index (χ1n) is 8.47. The van der Waals surface area contributed by atoms with Gasteiger partial charge in [-0.1, -0.05) is 32.0 Å². The molecule has 0 fully saturated rings. The normalized spacial score (nSPS) is 13.4. The average molecular weight is 356 g/mol. The zero-order valence-corrected chi connectivity index (χ0v) is 15.7. The zero-order chi connectivity index (χ0) is 18.8. The second kappa shape index (κ2) is 10.9. The van der Waals surface area contributed by atoms with Gasteiger partial charge in [-0.25, -0.2) is 0 Å². The summed E-state index contributed by atoms with van der Waals surface area (Å²) in [7, 11) is 5.80.